The number of carbonyl (C=O) groups is 4. The number of hydrogen-bond donors (Lipinski definition) is 0. The zero-order valence-electron chi connectivity index (χ0n) is 14.0. The van der Waals surface area contributed by atoms with Crippen molar-refractivity contribution in [2.75, 3.05) is 26.4 Å². The number of carbonyl (C=O) groups excluding carboxylic acids is 4. The minimum atomic E-state index is -1.57. The van der Waals surface area contributed by atoms with Crippen molar-refractivity contribution in [1.29, 1.82) is 0 Å². The molecule has 23 heavy (non-hydrogen) atoms. The highest BCUT2D eigenvalue weighted by atomic mass is 16.6. The molecule has 0 spiro atoms. The first-order valence-corrected chi connectivity index (χ1v) is 7.58. The molecule has 0 aliphatic carbocycles. The summed E-state index contributed by atoms with van der Waals surface area (Å²) in [6, 6.07) is 0. The Balaban J connectivity index is 5.48. The number of rotatable bonds is 10. The van der Waals surface area contributed by atoms with E-state index in [0.717, 1.165) is 0 Å². The second-order valence-electron chi connectivity index (χ2n) is 4.35. The Morgan fingerprint density at radius 3 is 1.43 bits per heavy atom. The Bertz CT molecular complexity index is 400. The number of hydrogen-bond acceptors (Lipinski definition) is 8. The molecule has 0 fully saturated rings. The van der Waals surface area contributed by atoms with Crippen LogP contribution >= 0.6 is 0 Å². The van der Waals surface area contributed by atoms with Gasteiger partial charge in [-0.05, 0) is 27.7 Å². The van der Waals surface area contributed by atoms with E-state index in [2.05, 4.69) is 0 Å². The van der Waals surface area contributed by atoms with Crippen LogP contribution in [-0.2, 0) is 38.1 Å². The van der Waals surface area contributed by atoms with Crippen molar-refractivity contribution in [3.8, 4) is 0 Å². The summed E-state index contributed by atoms with van der Waals surface area (Å²) >= 11 is 0. The molecule has 0 amide bonds. The first-order valence-electron chi connectivity index (χ1n) is 7.58. The molecule has 0 aromatic heterocycles. The topological polar surface area (TPSA) is 105 Å². The van der Waals surface area contributed by atoms with E-state index in [0.29, 0.717) is 0 Å². The summed E-state index contributed by atoms with van der Waals surface area (Å²) in [5, 5.41) is 0. The van der Waals surface area contributed by atoms with E-state index in [9.17, 15) is 19.2 Å². The molecule has 0 unspecified atom stereocenters. The average Bonchev–Trinajstić information content (AvgIpc) is 2.47. The highest BCUT2D eigenvalue weighted by molar-refractivity contribution is 6.00. The van der Waals surface area contributed by atoms with Crippen molar-refractivity contribution >= 4 is 23.9 Å². The van der Waals surface area contributed by atoms with Crippen LogP contribution in [0.1, 0.15) is 34.1 Å². The third-order valence-corrected chi connectivity index (χ3v) is 2.76. The summed E-state index contributed by atoms with van der Waals surface area (Å²) in [5.41, 5.74) is 0. The van der Waals surface area contributed by atoms with Crippen LogP contribution in [0.2, 0.25) is 0 Å². The van der Waals surface area contributed by atoms with Gasteiger partial charge in [-0.25, -0.2) is 0 Å². The van der Waals surface area contributed by atoms with Crippen molar-refractivity contribution in [3.63, 3.8) is 0 Å². The van der Waals surface area contributed by atoms with E-state index in [1.165, 1.54) is 0 Å². The lowest BCUT2D eigenvalue weighted by atomic mass is 9.89. The summed E-state index contributed by atoms with van der Waals surface area (Å²) in [6.07, 6.45) is -0.477. The molecular formula is C15H24O8. The van der Waals surface area contributed by atoms with E-state index in [-0.39, 0.29) is 26.4 Å². The van der Waals surface area contributed by atoms with Gasteiger partial charge in [0.25, 0.3) is 0 Å². The predicted molar refractivity (Wildman–Crippen MR) is 78.1 cm³/mol. The molecule has 0 bridgehead atoms. The van der Waals surface area contributed by atoms with Crippen LogP contribution in [0.4, 0.5) is 0 Å². The molecule has 0 aliphatic heterocycles. The van der Waals surface area contributed by atoms with Crippen LogP contribution in [0.15, 0.2) is 0 Å². The second-order valence-corrected chi connectivity index (χ2v) is 4.35. The van der Waals surface area contributed by atoms with Gasteiger partial charge in [0.15, 0.2) is 5.92 Å². The highest BCUT2D eigenvalue weighted by Gasteiger charge is 2.44. The van der Waals surface area contributed by atoms with Gasteiger partial charge >= 0.3 is 23.9 Å². The third-order valence-electron chi connectivity index (χ3n) is 2.76. The van der Waals surface area contributed by atoms with Crippen LogP contribution in [0.25, 0.3) is 0 Å². The first kappa shape index (κ1) is 20.9. The third kappa shape index (κ3) is 7.12. The Morgan fingerprint density at radius 2 is 1.04 bits per heavy atom. The fourth-order valence-electron chi connectivity index (χ4n) is 1.87. The van der Waals surface area contributed by atoms with E-state index in [4.69, 9.17) is 18.9 Å². The standard InChI is InChI=1S/C15H24O8/c1-5-20-11(16)9-10(13(17)21-6-2)12(14(18)22-7-3)15(19)23-8-4/h10,12H,5-9H2,1-4H3/t10-/m1/s1. The molecule has 0 saturated carbocycles. The molecule has 0 aromatic carbocycles. The minimum Gasteiger partial charge on any atom is -0.466 e. The van der Waals surface area contributed by atoms with Crippen LogP contribution < -0.4 is 0 Å². The fraction of sp³-hybridized carbons (Fsp3) is 0.733. The summed E-state index contributed by atoms with van der Waals surface area (Å²) in [6.45, 7) is 6.48. The van der Waals surface area contributed by atoms with Gasteiger partial charge in [0, 0.05) is 0 Å². The molecule has 132 valence electrons. The SMILES string of the molecule is CCOC(=O)C[C@@H](C(=O)OCC)C(C(=O)OCC)C(=O)OCC. The van der Waals surface area contributed by atoms with Gasteiger partial charge < -0.3 is 18.9 Å². The Labute approximate surface area is 135 Å². The monoisotopic (exact) mass is 332 g/mol. The molecule has 0 rings (SSSR count). The summed E-state index contributed by atoms with van der Waals surface area (Å²) in [5.74, 6) is -6.37. The smallest absolute Gasteiger partial charge is 0.321 e. The number of ether oxygens (including phenoxy) is 4. The summed E-state index contributed by atoms with van der Waals surface area (Å²) in [7, 11) is 0. The molecule has 0 radical (unpaired) electrons. The zero-order chi connectivity index (χ0) is 17.8. The summed E-state index contributed by atoms with van der Waals surface area (Å²) in [4.78, 5) is 47.9. The molecule has 0 aliphatic rings. The maximum Gasteiger partial charge on any atom is 0.321 e. The molecule has 1 atom stereocenters. The average molecular weight is 332 g/mol. The predicted octanol–water partition coefficient (Wildman–Crippen LogP) is 0.861. The molecule has 0 heterocycles. The lowest BCUT2D eigenvalue weighted by Crippen LogP contribution is -2.40. The van der Waals surface area contributed by atoms with Gasteiger partial charge in [0.2, 0.25) is 0 Å². The first-order chi connectivity index (χ1) is 10.9. The highest BCUT2D eigenvalue weighted by Crippen LogP contribution is 2.22. The van der Waals surface area contributed by atoms with E-state index >= 15 is 0 Å². The van der Waals surface area contributed by atoms with Crippen LogP contribution in [0.3, 0.4) is 0 Å². The second kappa shape index (κ2) is 11.4. The van der Waals surface area contributed by atoms with Gasteiger partial charge in [-0.15, -0.1) is 0 Å². The van der Waals surface area contributed by atoms with E-state index < -0.39 is 42.1 Å². The maximum absolute atomic E-state index is 12.1. The fourth-order valence-corrected chi connectivity index (χ4v) is 1.87. The molecule has 0 aromatic rings. The van der Waals surface area contributed by atoms with Gasteiger partial charge in [-0.2, -0.15) is 0 Å². The van der Waals surface area contributed by atoms with Crippen molar-refractivity contribution in [2.45, 2.75) is 34.1 Å². The number of esters is 4. The normalized spacial score (nSPS) is 11.5. The lowest BCUT2D eigenvalue weighted by molar-refractivity contribution is -0.173. The van der Waals surface area contributed by atoms with Gasteiger partial charge in [0.1, 0.15) is 0 Å². The van der Waals surface area contributed by atoms with E-state index in [1.54, 1.807) is 27.7 Å². The largest absolute Gasteiger partial charge is 0.466 e. The molecule has 0 N–H and O–H groups in total. The molecule has 0 saturated heterocycles. The Hall–Kier alpha value is -2.12. The van der Waals surface area contributed by atoms with E-state index in [1.807, 2.05) is 0 Å². The Kier molecular flexibility index (Phi) is 10.4. The zero-order valence-corrected chi connectivity index (χ0v) is 14.0. The molecule has 8 heteroatoms. The van der Waals surface area contributed by atoms with Gasteiger partial charge in [-0.1, -0.05) is 0 Å². The molecule has 8 nitrogen and oxygen atoms in total. The van der Waals surface area contributed by atoms with Crippen molar-refractivity contribution in [2.24, 2.45) is 11.8 Å². The minimum absolute atomic E-state index is 0.0175. The van der Waals surface area contributed by atoms with Gasteiger partial charge in [0.05, 0.1) is 38.8 Å². The lowest BCUT2D eigenvalue weighted by Gasteiger charge is -2.22. The molecular weight excluding hydrogens is 308 g/mol. The summed E-state index contributed by atoms with van der Waals surface area (Å²) < 4.78 is 19.3. The van der Waals surface area contributed by atoms with Crippen LogP contribution in [0, 0.1) is 11.8 Å². The van der Waals surface area contributed by atoms with Gasteiger partial charge in [-0.3, -0.25) is 19.2 Å². The maximum atomic E-state index is 12.1. The van der Waals surface area contributed by atoms with Crippen molar-refractivity contribution in [3.05, 3.63) is 0 Å². The Morgan fingerprint density at radius 1 is 0.652 bits per heavy atom. The quantitative estimate of drug-likeness (QED) is 0.329. The van der Waals surface area contributed by atoms with Crippen LogP contribution in [-0.4, -0.2) is 50.3 Å². The van der Waals surface area contributed by atoms with Crippen molar-refractivity contribution in [1.82, 2.24) is 0 Å². The van der Waals surface area contributed by atoms with Crippen molar-refractivity contribution < 1.29 is 38.1 Å². The van der Waals surface area contributed by atoms with Crippen LogP contribution in [0.5, 0.6) is 0 Å².